The summed E-state index contributed by atoms with van der Waals surface area (Å²) in [5.74, 6) is 0.137. The van der Waals surface area contributed by atoms with E-state index in [0.717, 1.165) is 12.2 Å². The highest BCUT2D eigenvalue weighted by atomic mass is 35.5. The van der Waals surface area contributed by atoms with Crippen molar-refractivity contribution in [2.45, 2.75) is 18.4 Å². The van der Waals surface area contributed by atoms with Crippen LogP contribution >= 0.6 is 11.6 Å². The molecular weight excluding hydrogens is 494 g/mol. The van der Waals surface area contributed by atoms with Gasteiger partial charge in [-0.2, -0.15) is 0 Å². The maximum Gasteiger partial charge on any atom is 0.251 e. The minimum Gasteiger partial charge on any atom is -0.492 e. The number of anilines is 1. The number of carbonyl (C=O) groups is 3. The van der Waals surface area contributed by atoms with Crippen LogP contribution < -0.4 is 20.3 Å². The molecule has 1 saturated heterocycles. The van der Waals surface area contributed by atoms with Gasteiger partial charge in [-0.1, -0.05) is 29.8 Å². The van der Waals surface area contributed by atoms with E-state index in [0.29, 0.717) is 55.5 Å². The number of nitrogens with zero attached hydrogens (tertiary/aromatic N) is 3. The molecule has 2 aromatic carbocycles. The van der Waals surface area contributed by atoms with Crippen LogP contribution in [0.5, 0.6) is 5.75 Å². The van der Waals surface area contributed by atoms with Crippen molar-refractivity contribution in [3.63, 3.8) is 0 Å². The van der Waals surface area contributed by atoms with Crippen LogP contribution in [0.25, 0.3) is 0 Å². The number of halogens is 1. The lowest BCUT2D eigenvalue weighted by atomic mass is 9.84. The summed E-state index contributed by atoms with van der Waals surface area (Å²) in [5.41, 5.74) is 0.433. The first-order valence-electron chi connectivity index (χ1n) is 12.4. The van der Waals surface area contributed by atoms with Gasteiger partial charge in [-0.3, -0.25) is 19.7 Å². The first-order valence-corrected chi connectivity index (χ1v) is 12.8. The molecule has 37 heavy (non-hydrogen) atoms. The van der Waals surface area contributed by atoms with Crippen molar-refractivity contribution < 1.29 is 19.1 Å². The molecule has 3 amide bonds. The molecule has 0 aromatic heterocycles. The summed E-state index contributed by atoms with van der Waals surface area (Å²) in [4.78, 5) is 43.4. The first kappa shape index (κ1) is 28.4. The fraction of sp³-hybridized carbons (Fsp3) is 0.444. The monoisotopic (exact) mass is 529 g/mol. The van der Waals surface area contributed by atoms with Crippen LogP contribution in [-0.2, 0) is 19.9 Å². The van der Waals surface area contributed by atoms with Crippen LogP contribution in [0.15, 0.2) is 48.5 Å². The third kappa shape index (κ3) is 7.44. The van der Waals surface area contributed by atoms with Gasteiger partial charge in [0.1, 0.15) is 17.9 Å². The number of hydrogen-bond donors (Lipinski definition) is 2. The standard InChI is InChI=1S/C27H36ClN5O4/c1-29-27(26(36)30-20-34,21-7-9-24(10-8-21)37-18-17-31(2)3)12-11-25(35)33-15-13-32(14-16-33)23-6-4-5-22(28)19-23/h4-10,19-20,29H,11-18H2,1-3H3,(H,30,34,36). The minimum absolute atomic E-state index is 0.0343. The van der Waals surface area contributed by atoms with Gasteiger partial charge < -0.3 is 24.8 Å². The van der Waals surface area contributed by atoms with Crippen LogP contribution in [0, 0.1) is 0 Å². The second kappa shape index (κ2) is 13.4. The second-order valence-corrected chi connectivity index (χ2v) is 9.71. The van der Waals surface area contributed by atoms with E-state index in [1.54, 1.807) is 31.3 Å². The van der Waals surface area contributed by atoms with E-state index in [2.05, 4.69) is 15.5 Å². The number of ether oxygens (including phenoxy) is 1. The van der Waals surface area contributed by atoms with E-state index < -0.39 is 11.4 Å². The smallest absolute Gasteiger partial charge is 0.251 e. The molecule has 0 bridgehead atoms. The van der Waals surface area contributed by atoms with Gasteiger partial charge in [0, 0.05) is 49.9 Å². The Morgan fingerprint density at radius 1 is 1.11 bits per heavy atom. The molecule has 1 heterocycles. The highest BCUT2D eigenvalue weighted by Crippen LogP contribution is 2.29. The van der Waals surface area contributed by atoms with Crippen molar-refractivity contribution in [2.75, 3.05) is 65.4 Å². The molecule has 0 radical (unpaired) electrons. The zero-order chi connectivity index (χ0) is 26.8. The molecule has 1 unspecified atom stereocenters. The average Bonchev–Trinajstić information content (AvgIpc) is 2.90. The van der Waals surface area contributed by atoms with Gasteiger partial charge in [0.2, 0.25) is 12.3 Å². The van der Waals surface area contributed by atoms with E-state index in [1.165, 1.54) is 0 Å². The van der Waals surface area contributed by atoms with Crippen LogP contribution in [-0.4, -0.2) is 88.5 Å². The van der Waals surface area contributed by atoms with E-state index in [-0.39, 0.29) is 18.7 Å². The largest absolute Gasteiger partial charge is 0.492 e. The maximum atomic E-state index is 13.1. The number of rotatable bonds is 12. The molecular formula is C27H36ClN5O4. The molecule has 0 saturated carbocycles. The Morgan fingerprint density at radius 3 is 2.41 bits per heavy atom. The molecule has 1 atom stereocenters. The molecule has 0 spiro atoms. The SMILES string of the molecule is CNC(CCC(=O)N1CCN(c2cccc(Cl)c2)CC1)(C(=O)NC=O)c1ccc(OCCN(C)C)cc1. The number of carbonyl (C=O) groups excluding carboxylic acids is 3. The third-order valence-corrected chi connectivity index (χ3v) is 6.91. The second-order valence-electron chi connectivity index (χ2n) is 9.27. The van der Waals surface area contributed by atoms with Gasteiger partial charge in [-0.15, -0.1) is 0 Å². The van der Waals surface area contributed by atoms with Gasteiger partial charge in [0.15, 0.2) is 0 Å². The summed E-state index contributed by atoms with van der Waals surface area (Å²) in [5, 5.41) is 6.03. The number of hydrogen-bond acceptors (Lipinski definition) is 7. The summed E-state index contributed by atoms with van der Waals surface area (Å²) in [6.45, 7) is 3.87. The van der Waals surface area contributed by atoms with E-state index >= 15 is 0 Å². The summed E-state index contributed by atoms with van der Waals surface area (Å²) in [7, 11) is 5.60. The Hall–Kier alpha value is -3.14. The van der Waals surface area contributed by atoms with Gasteiger partial charge in [0.25, 0.3) is 5.91 Å². The molecule has 2 N–H and O–H groups in total. The maximum absolute atomic E-state index is 13.1. The molecule has 3 rings (SSSR count). The van der Waals surface area contributed by atoms with Crippen molar-refractivity contribution in [2.24, 2.45) is 0 Å². The lowest BCUT2D eigenvalue weighted by Crippen LogP contribution is -2.54. The number of imide groups is 1. The normalized spacial score (nSPS) is 15.3. The zero-order valence-electron chi connectivity index (χ0n) is 21.7. The topological polar surface area (TPSA) is 94.2 Å². The molecule has 1 aliphatic rings. The molecule has 200 valence electrons. The average molecular weight is 530 g/mol. The lowest BCUT2D eigenvalue weighted by Gasteiger charge is -2.37. The third-order valence-electron chi connectivity index (χ3n) is 6.68. The van der Waals surface area contributed by atoms with Crippen LogP contribution in [0.1, 0.15) is 18.4 Å². The van der Waals surface area contributed by atoms with E-state index in [1.807, 2.05) is 48.2 Å². The van der Waals surface area contributed by atoms with Gasteiger partial charge in [-0.25, -0.2) is 0 Å². The Kier molecular flexibility index (Phi) is 10.3. The van der Waals surface area contributed by atoms with Crippen molar-refractivity contribution in [1.82, 2.24) is 20.4 Å². The summed E-state index contributed by atoms with van der Waals surface area (Å²) in [6, 6.07) is 14.9. The zero-order valence-corrected chi connectivity index (χ0v) is 22.5. The fourth-order valence-electron chi connectivity index (χ4n) is 4.47. The number of amides is 3. The van der Waals surface area contributed by atoms with Gasteiger partial charge in [0.05, 0.1) is 0 Å². The quantitative estimate of drug-likeness (QED) is 0.407. The first-order chi connectivity index (χ1) is 17.8. The minimum atomic E-state index is -1.25. The number of likely N-dealkylation sites (N-methyl/N-ethyl adjacent to an activating group) is 2. The molecule has 1 aliphatic heterocycles. The molecule has 2 aromatic rings. The van der Waals surface area contributed by atoms with Gasteiger partial charge >= 0.3 is 0 Å². The van der Waals surface area contributed by atoms with Crippen molar-refractivity contribution >= 4 is 35.5 Å². The molecule has 9 nitrogen and oxygen atoms in total. The highest BCUT2D eigenvalue weighted by molar-refractivity contribution is 6.30. The number of nitrogens with one attached hydrogen (secondary N) is 2. The Morgan fingerprint density at radius 2 is 1.81 bits per heavy atom. The Balaban J connectivity index is 1.66. The van der Waals surface area contributed by atoms with Crippen molar-refractivity contribution in [1.29, 1.82) is 0 Å². The molecule has 1 fully saturated rings. The predicted octanol–water partition coefficient (Wildman–Crippen LogP) is 2.10. The van der Waals surface area contributed by atoms with Gasteiger partial charge in [-0.05, 0) is 63.5 Å². The molecule has 0 aliphatic carbocycles. The fourth-order valence-corrected chi connectivity index (χ4v) is 4.65. The Labute approximate surface area is 223 Å². The summed E-state index contributed by atoms with van der Waals surface area (Å²) >= 11 is 6.12. The number of piperazine rings is 1. The van der Waals surface area contributed by atoms with Crippen molar-refractivity contribution in [3.8, 4) is 5.75 Å². The predicted molar refractivity (Wildman–Crippen MR) is 145 cm³/mol. The Bertz CT molecular complexity index is 1060. The van der Waals surface area contributed by atoms with Crippen LogP contribution in [0.3, 0.4) is 0 Å². The summed E-state index contributed by atoms with van der Waals surface area (Å²) < 4.78 is 5.76. The van der Waals surface area contributed by atoms with Crippen molar-refractivity contribution in [3.05, 3.63) is 59.1 Å². The number of benzene rings is 2. The van der Waals surface area contributed by atoms with Crippen LogP contribution in [0.2, 0.25) is 5.02 Å². The van der Waals surface area contributed by atoms with E-state index in [4.69, 9.17) is 16.3 Å². The molecule has 10 heteroatoms. The highest BCUT2D eigenvalue weighted by Gasteiger charge is 2.39. The van der Waals surface area contributed by atoms with E-state index in [9.17, 15) is 14.4 Å². The van der Waals surface area contributed by atoms with Crippen LogP contribution in [0.4, 0.5) is 5.69 Å². The lowest BCUT2D eigenvalue weighted by molar-refractivity contribution is -0.133. The summed E-state index contributed by atoms with van der Waals surface area (Å²) in [6.07, 6.45) is 0.701.